The van der Waals surface area contributed by atoms with Crippen LogP contribution in [0.4, 0.5) is 0 Å². The van der Waals surface area contributed by atoms with Gasteiger partial charge in [-0.15, -0.1) is 0 Å². The number of hydrogen-bond donors (Lipinski definition) is 2. The van der Waals surface area contributed by atoms with Crippen molar-refractivity contribution in [2.75, 3.05) is 13.2 Å². The number of amides is 1. The van der Waals surface area contributed by atoms with Gasteiger partial charge in [-0.2, -0.15) is 0 Å². The average molecular weight is 433 g/mol. The fourth-order valence-corrected chi connectivity index (χ4v) is 4.29. The van der Waals surface area contributed by atoms with E-state index in [1.165, 1.54) is 0 Å². The van der Waals surface area contributed by atoms with E-state index in [1.54, 1.807) is 11.1 Å². The van der Waals surface area contributed by atoms with Crippen molar-refractivity contribution in [2.24, 2.45) is 0 Å². The zero-order chi connectivity index (χ0) is 22.8. The summed E-state index contributed by atoms with van der Waals surface area (Å²) in [5.74, 6) is -1.41. The van der Waals surface area contributed by atoms with Crippen LogP contribution in [0.2, 0.25) is 0 Å². The second-order valence-corrected chi connectivity index (χ2v) is 8.37. The molecule has 1 aliphatic rings. The first kappa shape index (κ1) is 21.8. The lowest BCUT2D eigenvalue weighted by Gasteiger charge is -2.26. The molecule has 32 heavy (non-hydrogen) atoms. The van der Waals surface area contributed by atoms with E-state index in [-0.39, 0.29) is 17.4 Å². The summed E-state index contributed by atoms with van der Waals surface area (Å²) in [7, 11) is 0. The molecule has 2 heterocycles. The molecule has 166 valence electrons. The van der Waals surface area contributed by atoms with E-state index < -0.39 is 17.7 Å². The van der Waals surface area contributed by atoms with Crippen molar-refractivity contribution in [3.8, 4) is 0 Å². The van der Waals surface area contributed by atoms with Gasteiger partial charge in [0.2, 0.25) is 0 Å². The molecular formula is C26H28N2O4. The van der Waals surface area contributed by atoms with Gasteiger partial charge in [-0.25, -0.2) is 0 Å². The summed E-state index contributed by atoms with van der Waals surface area (Å²) < 4.78 is 5.62. The first-order chi connectivity index (χ1) is 15.4. The molecule has 1 fully saturated rings. The number of Topliss-reactive ketones (excluding diaryl/α,β-unsaturated/α-hetero) is 1. The largest absolute Gasteiger partial charge is 0.507 e. The molecule has 1 atom stereocenters. The van der Waals surface area contributed by atoms with E-state index in [1.807, 2.05) is 69.3 Å². The van der Waals surface area contributed by atoms with Gasteiger partial charge in [-0.1, -0.05) is 42.5 Å². The number of nitrogens with zero attached hydrogens (tertiary/aromatic N) is 1. The van der Waals surface area contributed by atoms with Crippen LogP contribution in [0.3, 0.4) is 0 Å². The van der Waals surface area contributed by atoms with Gasteiger partial charge in [0.05, 0.1) is 17.7 Å². The number of aromatic nitrogens is 1. The summed E-state index contributed by atoms with van der Waals surface area (Å²) in [5, 5.41) is 12.1. The van der Waals surface area contributed by atoms with Crippen LogP contribution >= 0.6 is 0 Å². The molecule has 0 saturated carbocycles. The van der Waals surface area contributed by atoms with Crippen LogP contribution < -0.4 is 0 Å². The summed E-state index contributed by atoms with van der Waals surface area (Å²) in [4.78, 5) is 30.9. The van der Waals surface area contributed by atoms with Crippen LogP contribution in [0.15, 0.2) is 60.3 Å². The average Bonchev–Trinajstić information content (AvgIpc) is 3.31. The molecule has 3 aromatic rings. The van der Waals surface area contributed by atoms with Crippen molar-refractivity contribution in [1.82, 2.24) is 9.88 Å². The normalized spacial score (nSPS) is 18.2. The third-order valence-electron chi connectivity index (χ3n) is 5.86. The maximum absolute atomic E-state index is 13.2. The Kier molecular flexibility index (Phi) is 6.15. The molecule has 2 N–H and O–H groups in total. The van der Waals surface area contributed by atoms with E-state index in [2.05, 4.69) is 4.98 Å². The quantitative estimate of drug-likeness (QED) is 0.245. The van der Waals surface area contributed by atoms with Crippen LogP contribution in [0.25, 0.3) is 16.7 Å². The van der Waals surface area contributed by atoms with Crippen molar-refractivity contribution in [1.29, 1.82) is 0 Å². The summed E-state index contributed by atoms with van der Waals surface area (Å²) in [6.45, 7) is 6.72. The number of carbonyl (C=O) groups excluding carboxylic acids is 2. The van der Waals surface area contributed by atoms with Gasteiger partial charge in [-0.3, -0.25) is 9.59 Å². The first-order valence-electron chi connectivity index (χ1n) is 10.9. The van der Waals surface area contributed by atoms with Gasteiger partial charge in [0.15, 0.2) is 0 Å². The summed E-state index contributed by atoms with van der Waals surface area (Å²) in [5.41, 5.74) is 3.27. The minimum Gasteiger partial charge on any atom is -0.507 e. The van der Waals surface area contributed by atoms with E-state index >= 15 is 0 Å². The Labute approximate surface area is 187 Å². The number of ether oxygens (including phenoxy) is 1. The number of carbonyl (C=O) groups is 2. The first-order valence-corrected chi connectivity index (χ1v) is 10.9. The number of aromatic amines is 1. The molecule has 6 heteroatoms. The summed E-state index contributed by atoms with van der Waals surface area (Å²) in [6, 6.07) is 14.6. The molecule has 4 rings (SSSR count). The highest BCUT2D eigenvalue weighted by atomic mass is 16.5. The SMILES string of the molecule is Cc1ccccc1C1/C(=C(\O)c2c[nH]c3ccccc23)C(=O)C(=O)N1CCCOC(C)C. The van der Waals surface area contributed by atoms with Crippen LogP contribution in [0.5, 0.6) is 0 Å². The molecule has 0 bridgehead atoms. The highest BCUT2D eigenvalue weighted by Gasteiger charge is 2.46. The third-order valence-corrected chi connectivity index (χ3v) is 5.86. The maximum Gasteiger partial charge on any atom is 0.295 e. The number of aliphatic hydroxyl groups is 1. The Morgan fingerprint density at radius 1 is 1.12 bits per heavy atom. The van der Waals surface area contributed by atoms with Crippen molar-refractivity contribution in [3.63, 3.8) is 0 Å². The van der Waals surface area contributed by atoms with Crippen molar-refractivity contribution in [2.45, 2.75) is 39.3 Å². The highest BCUT2D eigenvalue weighted by molar-refractivity contribution is 6.46. The van der Waals surface area contributed by atoms with Crippen molar-refractivity contribution < 1.29 is 19.4 Å². The number of hydrogen-bond acceptors (Lipinski definition) is 4. The van der Waals surface area contributed by atoms with Gasteiger partial charge in [0.25, 0.3) is 11.7 Å². The highest BCUT2D eigenvalue weighted by Crippen LogP contribution is 2.41. The van der Waals surface area contributed by atoms with Gasteiger partial charge in [0, 0.05) is 35.8 Å². The number of nitrogens with one attached hydrogen (secondary N) is 1. The molecule has 1 unspecified atom stereocenters. The van der Waals surface area contributed by atoms with E-state index in [0.717, 1.165) is 22.0 Å². The number of benzene rings is 2. The van der Waals surface area contributed by atoms with E-state index in [0.29, 0.717) is 25.1 Å². The van der Waals surface area contributed by atoms with Gasteiger partial charge in [0.1, 0.15) is 5.76 Å². The minimum absolute atomic E-state index is 0.0967. The molecule has 0 aliphatic carbocycles. The zero-order valence-electron chi connectivity index (χ0n) is 18.6. The van der Waals surface area contributed by atoms with Crippen LogP contribution in [0.1, 0.15) is 43.0 Å². The molecule has 0 radical (unpaired) electrons. The Balaban J connectivity index is 1.81. The van der Waals surface area contributed by atoms with Crippen LogP contribution in [0, 0.1) is 6.92 Å². The third kappa shape index (κ3) is 3.94. The second-order valence-electron chi connectivity index (χ2n) is 8.37. The number of ketones is 1. The lowest BCUT2D eigenvalue weighted by Crippen LogP contribution is -2.31. The van der Waals surface area contributed by atoms with E-state index in [4.69, 9.17) is 4.74 Å². The molecule has 6 nitrogen and oxygen atoms in total. The fraction of sp³-hybridized carbons (Fsp3) is 0.308. The van der Waals surface area contributed by atoms with Gasteiger partial charge >= 0.3 is 0 Å². The fourth-order valence-electron chi connectivity index (χ4n) is 4.29. The lowest BCUT2D eigenvalue weighted by molar-refractivity contribution is -0.140. The Morgan fingerprint density at radius 2 is 1.84 bits per heavy atom. The van der Waals surface area contributed by atoms with Crippen LogP contribution in [-0.4, -0.2) is 45.9 Å². The monoisotopic (exact) mass is 432 g/mol. The number of aliphatic hydroxyl groups excluding tert-OH is 1. The standard InChI is InChI=1S/C26H28N2O4/c1-16(2)32-14-8-13-28-23(18-10-5-4-9-17(18)3)22(25(30)26(28)31)24(29)20-15-27-21-12-7-6-11-19(20)21/h4-7,9-12,15-16,23,27,29H,8,13-14H2,1-3H3/b24-22+. The molecule has 0 spiro atoms. The van der Waals surface area contributed by atoms with Crippen LogP contribution in [-0.2, 0) is 14.3 Å². The molecular weight excluding hydrogens is 404 g/mol. The molecule has 1 aromatic heterocycles. The molecule has 1 saturated heterocycles. The zero-order valence-corrected chi connectivity index (χ0v) is 18.6. The van der Waals surface area contributed by atoms with Crippen molar-refractivity contribution in [3.05, 3.63) is 77.0 Å². The van der Waals surface area contributed by atoms with E-state index in [9.17, 15) is 14.7 Å². The number of aryl methyl sites for hydroxylation is 1. The van der Waals surface area contributed by atoms with Crippen molar-refractivity contribution >= 4 is 28.4 Å². The predicted molar refractivity (Wildman–Crippen MR) is 124 cm³/mol. The molecule has 1 amide bonds. The summed E-state index contributed by atoms with van der Waals surface area (Å²) in [6.07, 6.45) is 2.37. The number of para-hydroxylation sites is 1. The summed E-state index contributed by atoms with van der Waals surface area (Å²) >= 11 is 0. The lowest BCUT2D eigenvalue weighted by atomic mass is 9.92. The number of H-pyrrole nitrogens is 1. The smallest absolute Gasteiger partial charge is 0.295 e. The predicted octanol–water partition coefficient (Wildman–Crippen LogP) is 4.71. The number of rotatable bonds is 7. The molecule has 1 aliphatic heterocycles. The Hall–Kier alpha value is -3.38. The minimum atomic E-state index is -0.661. The Morgan fingerprint density at radius 3 is 2.59 bits per heavy atom. The molecule has 2 aromatic carbocycles. The second kappa shape index (κ2) is 9.01. The van der Waals surface area contributed by atoms with Gasteiger partial charge < -0.3 is 19.7 Å². The van der Waals surface area contributed by atoms with Gasteiger partial charge in [-0.05, 0) is 44.4 Å². The Bertz CT molecular complexity index is 1190. The maximum atomic E-state index is 13.2. The number of likely N-dealkylation sites (tertiary alicyclic amines) is 1. The number of fused-ring (bicyclic) bond motifs is 1. The topological polar surface area (TPSA) is 82.6 Å².